The molecule has 2 aliphatic rings. The first-order valence-corrected chi connectivity index (χ1v) is 6.78. The van der Waals surface area contributed by atoms with Crippen LogP contribution < -0.4 is 5.32 Å². The lowest BCUT2D eigenvalue weighted by molar-refractivity contribution is 0.290. The molecule has 2 nitrogen and oxygen atoms in total. The molecule has 0 saturated carbocycles. The third-order valence-electron chi connectivity index (χ3n) is 2.52. The zero-order chi connectivity index (χ0) is 12.2. The van der Waals surface area contributed by atoms with Gasteiger partial charge in [-0.2, -0.15) is 0 Å². The fraction of sp³-hybridized carbons (Fsp3) is 0.714. The maximum absolute atomic E-state index is 3.37. The van der Waals surface area contributed by atoms with Crippen LogP contribution in [0.3, 0.4) is 0 Å². The third kappa shape index (κ3) is 5.36. The van der Waals surface area contributed by atoms with Gasteiger partial charge in [-0.15, -0.1) is 0 Å². The van der Waals surface area contributed by atoms with Gasteiger partial charge in [0.05, 0.1) is 0 Å². The molecule has 16 heavy (non-hydrogen) atoms. The van der Waals surface area contributed by atoms with Crippen LogP contribution >= 0.6 is 0 Å². The van der Waals surface area contributed by atoms with E-state index in [9.17, 15) is 0 Å². The first-order valence-electron chi connectivity index (χ1n) is 6.78. The second-order valence-electron chi connectivity index (χ2n) is 3.36. The van der Waals surface area contributed by atoms with E-state index in [0.717, 1.165) is 13.1 Å². The van der Waals surface area contributed by atoms with Crippen molar-refractivity contribution in [3.8, 4) is 0 Å². The second-order valence-corrected chi connectivity index (χ2v) is 3.36. The molecule has 1 fully saturated rings. The molecule has 0 aromatic heterocycles. The number of hydrogen-bond acceptors (Lipinski definition) is 2. The smallest absolute Gasteiger partial charge is 0.0300 e. The molecule has 1 aliphatic carbocycles. The molecule has 0 unspecified atom stereocenters. The Bertz CT molecular complexity index is 201. The predicted molar refractivity (Wildman–Crippen MR) is 73.6 cm³/mol. The topological polar surface area (TPSA) is 15.3 Å². The van der Waals surface area contributed by atoms with Gasteiger partial charge in [0.2, 0.25) is 0 Å². The van der Waals surface area contributed by atoms with E-state index >= 15 is 0 Å². The number of nitrogens with one attached hydrogen (secondary N) is 1. The molecule has 0 aromatic rings. The molecular formula is C14H28N2. The van der Waals surface area contributed by atoms with Crippen LogP contribution in [-0.2, 0) is 0 Å². The van der Waals surface area contributed by atoms with Crippen molar-refractivity contribution in [1.29, 1.82) is 0 Å². The highest BCUT2D eigenvalue weighted by Gasteiger charge is 2.12. The lowest BCUT2D eigenvalue weighted by Crippen LogP contribution is -2.42. The van der Waals surface area contributed by atoms with Crippen molar-refractivity contribution in [2.45, 2.75) is 40.5 Å². The lowest BCUT2D eigenvalue weighted by Gasteiger charge is -2.32. The van der Waals surface area contributed by atoms with E-state index in [4.69, 9.17) is 0 Å². The van der Waals surface area contributed by atoms with E-state index in [1.807, 2.05) is 27.7 Å². The van der Waals surface area contributed by atoms with Crippen molar-refractivity contribution in [2.24, 2.45) is 0 Å². The van der Waals surface area contributed by atoms with E-state index in [-0.39, 0.29) is 0 Å². The first kappa shape index (κ1) is 15.2. The van der Waals surface area contributed by atoms with Gasteiger partial charge >= 0.3 is 0 Å². The van der Waals surface area contributed by atoms with Crippen LogP contribution in [0.1, 0.15) is 40.5 Å². The van der Waals surface area contributed by atoms with Crippen LogP contribution in [-0.4, -0.2) is 31.1 Å². The Hall–Kier alpha value is -0.760. The van der Waals surface area contributed by atoms with Crippen molar-refractivity contribution >= 4 is 0 Å². The maximum atomic E-state index is 3.37. The minimum Gasteiger partial charge on any atom is -0.372 e. The van der Waals surface area contributed by atoms with Gasteiger partial charge in [0.15, 0.2) is 0 Å². The summed E-state index contributed by atoms with van der Waals surface area (Å²) in [7, 11) is 0. The van der Waals surface area contributed by atoms with Crippen molar-refractivity contribution in [2.75, 3.05) is 26.2 Å². The number of nitrogens with zero attached hydrogens (tertiary/aromatic N) is 1. The van der Waals surface area contributed by atoms with Gasteiger partial charge in [-0.25, -0.2) is 0 Å². The van der Waals surface area contributed by atoms with Crippen LogP contribution in [0.2, 0.25) is 0 Å². The largest absolute Gasteiger partial charge is 0.372 e. The Kier molecular flexibility index (Phi) is 10.2. The summed E-state index contributed by atoms with van der Waals surface area (Å²) >= 11 is 0. The fourth-order valence-electron chi connectivity index (χ4n) is 1.81. The average Bonchev–Trinajstić information content (AvgIpc) is 2.45. The number of piperazine rings is 1. The Morgan fingerprint density at radius 3 is 2.19 bits per heavy atom. The van der Waals surface area contributed by atoms with Crippen LogP contribution in [0.4, 0.5) is 0 Å². The summed E-state index contributed by atoms with van der Waals surface area (Å²) in [5.74, 6) is 0. The monoisotopic (exact) mass is 224 g/mol. The van der Waals surface area contributed by atoms with Gasteiger partial charge in [0, 0.05) is 31.9 Å². The van der Waals surface area contributed by atoms with E-state index in [1.54, 1.807) is 0 Å². The Balaban J connectivity index is 0.000000509. The van der Waals surface area contributed by atoms with Crippen molar-refractivity contribution in [3.05, 3.63) is 23.9 Å². The van der Waals surface area contributed by atoms with E-state index in [0.29, 0.717) is 0 Å². The lowest BCUT2D eigenvalue weighted by atomic mass is 10.1. The Morgan fingerprint density at radius 1 is 1.06 bits per heavy atom. The summed E-state index contributed by atoms with van der Waals surface area (Å²) in [4.78, 5) is 2.50. The van der Waals surface area contributed by atoms with Gasteiger partial charge < -0.3 is 10.2 Å². The van der Waals surface area contributed by atoms with Gasteiger partial charge in [0.1, 0.15) is 0 Å². The molecule has 2 rings (SSSR count). The minimum atomic E-state index is 1.14. The average molecular weight is 224 g/mol. The molecule has 1 saturated heterocycles. The van der Waals surface area contributed by atoms with E-state index in [1.165, 1.54) is 31.6 Å². The zero-order valence-electron chi connectivity index (χ0n) is 11.4. The number of hydrogen-bond donors (Lipinski definition) is 1. The normalized spacial score (nSPS) is 18.8. The van der Waals surface area contributed by atoms with Crippen LogP contribution in [0.15, 0.2) is 23.9 Å². The predicted octanol–water partition coefficient (Wildman–Crippen LogP) is 3.18. The maximum Gasteiger partial charge on any atom is 0.0300 e. The minimum absolute atomic E-state index is 1.14. The van der Waals surface area contributed by atoms with Gasteiger partial charge in [-0.1, -0.05) is 39.8 Å². The molecule has 2 heteroatoms. The highest BCUT2D eigenvalue weighted by Crippen LogP contribution is 2.16. The molecule has 94 valence electrons. The van der Waals surface area contributed by atoms with Gasteiger partial charge in [0.25, 0.3) is 0 Å². The van der Waals surface area contributed by atoms with Crippen molar-refractivity contribution in [3.63, 3.8) is 0 Å². The van der Waals surface area contributed by atoms with Gasteiger partial charge in [-0.3, -0.25) is 0 Å². The summed E-state index contributed by atoms with van der Waals surface area (Å²) < 4.78 is 0. The molecule has 1 N–H and O–H groups in total. The molecule has 0 amide bonds. The molecule has 0 bridgehead atoms. The molecule has 0 atom stereocenters. The Labute approximate surface area is 101 Å². The van der Waals surface area contributed by atoms with Crippen molar-refractivity contribution in [1.82, 2.24) is 10.2 Å². The number of allylic oxidation sites excluding steroid dienone is 4. The SMILES string of the molecule is C1=CCCC(N2CCNCC2)=C1.CC.CC. The van der Waals surface area contributed by atoms with Crippen LogP contribution in [0, 0.1) is 0 Å². The second kappa shape index (κ2) is 10.7. The molecule has 1 aliphatic heterocycles. The third-order valence-corrected chi connectivity index (χ3v) is 2.52. The quantitative estimate of drug-likeness (QED) is 0.736. The van der Waals surface area contributed by atoms with E-state index in [2.05, 4.69) is 28.4 Å². The van der Waals surface area contributed by atoms with Crippen molar-refractivity contribution < 1.29 is 0 Å². The first-order chi connectivity index (χ1) is 7.97. The fourth-order valence-corrected chi connectivity index (χ4v) is 1.81. The molecular weight excluding hydrogens is 196 g/mol. The number of rotatable bonds is 1. The zero-order valence-corrected chi connectivity index (χ0v) is 11.4. The highest BCUT2D eigenvalue weighted by molar-refractivity contribution is 5.17. The standard InChI is InChI=1S/C10H16N2.2C2H6/c1-2-4-10(5-3-1)12-8-6-11-7-9-12;2*1-2/h1-2,4,11H,3,5-9H2;2*1-2H3. The molecule has 0 radical (unpaired) electrons. The Morgan fingerprint density at radius 2 is 1.69 bits per heavy atom. The molecule has 1 heterocycles. The van der Waals surface area contributed by atoms with Crippen LogP contribution in [0.5, 0.6) is 0 Å². The summed E-state index contributed by atoms with van der Waals surface area (Å²) in [6, 6.07) is 0. The molecule has 0 aromatic carbocycles. The van der Waals surface area contributed by atoms with Crippen LogP contribution in [0.25, 0.3) is 0 Å². The molecule has 0 spiro atoms. The highest BCUT2D eigenvalue weighted by atomic mass is 15.2. The summed E-state index contributed by atoms with van der Waals surface area (Å²) in [6.45, 7) is 12.6. The summed E-state index contributed by atoms with van der Waals surface area (Å²) in [5, 5.41) is 3.37. The summed E-state index contributed by atoms with van der Waals surface area (Å²) in [5.41, 5.74) is 1.53. The van der Waals surface area contributed by atoms with E-state index < -0.39 is 0 Å². The van der Waals surface area contributed by atoms with Gasteiger partial charge in [-0.05, 0) is 18.9 Å². The summed E-state index contributed by atoms with van der Waals surface area (Å²) in [6.07, 6.45) is 9.13.